The summed E-state index contributed by atoms with van der Waals surface area (Å²) in [6, 6.07) is 20.9. The Hall–Kier alpha value is -2.96. The number of carbonyl (C=O) groups is 1. The Kier molecular flexibility index (Phi) is 6.70. The zero-order valence-electron chi connectivity index (χ0n) is 17.3. The molecule has 5 nitrogen and oxygen atoms in total. The molecule has 0 aliphatic heterocycles. The lowest BCUT2D eigenvalue weighted by Gasteiger charge is -2.20. The van der Waals surface area contributed by atoms with Crippen LogP contribution in [0, 0.1) is 20.8 Å². The first-order valence-electron chi connectivity index (χ1n) is 9.76. The van der Waals surface area contributed by atoms with Crippen LogP contribution < -0.4 is 10.0 Å². The van der Waals surface area contributed by atoms with Crippen molar-refractivity contribution in [2.45, 2.75) is 38.1 Å². The number of hydrogen-bond acceptors (Lipinski definition) is 3. The van der Waals surface area contributed by atoms with E-state index in [0.717, 1.165) is 27.9 Å². The highest BCUT2D eigenvalue weighted by molar-refractivity contribution is 7.89. The first-order valence-corrected chi connectivity index (χ1v) is 11.2. The fourth-order valence-corrected chi connectivity index (χ4v) is 4.50. The van der Waals surface area contributed by atoms with E-state index in [1.54, 1.807) is 24.3 Å². The van der Waals surface area contributed by atoms with E-state index in [1.165, 1.54) is 0 Å². The van der Waals surface area contributed by atoms with Gasteiger partial charge in [-0.05, 0) is 49.6 Å². The van der Waals surface area contributed by atoms with Gasteiger partial charge in [-0.15, -0.1) is 0 Å². The molecule has 1 atom stereocenters. The van der Waals surface area contributed by atoms with E-state index in [1.807, 2.05) is 69.3 Å². The van der Waals surface area contributed by atoms with E-state index in [0.29, 0.717) is 0 Å². The summed E-state index contributed by atoms with van der Waals surface area (Å²) in [5.74, 6) is -0.257. The third kappa shape index (κ3) is 5.34. The van der Waals surface area contributed by atoms with Gasteiger partial charge in [-0.2, -0.15) is 0 Å². The molecule has 0 aliphatic rings. The summed E-state index contributed by atoms with van der Waals surface area (Å²) in [7, 11) is -3.79. The smallest absolute Gasteiger partial charge is 0.241 e. The van der Waals surface area contributed by atoms with E-state index in [2.05, 4.69) is 10.0 Å². The van der Waals surface area contributed by atoms with Gasteiger partial charge >= 0.3 is 0 Å². The Morgan fingerprint density at radius 1 is 0.833 bits per heavy atom. The lowest BCUT2D eigenvalue weighted by molar-refractivity contribution is -0.116. The zero-order valence-corrected chi connectivity index (χ0v) is 18.2. The summed E-state index contributed by atoms with van der Waals surface area (Å²) >= 11 is 0. The van der Waals surface area contributed by atoms with Crippen LogP contribution in [0.15, 0.2) is 77.7 Å². The van der Waals surface area contributed by atoms with Crippen LogP contribution in [-0.4, -0.2) is 14.3 Å². The fourth-order valence-electron chi connectivity index (χ4n) is 3.27. The average molecular weight is 423 g/mol. The molecule has 1 amide bonds. The molecule has 0 heterocycles. The van der Waals surface area contributed by atoms with Crippen LogP contribution in [0.25, 0.3) is 0 Å². The fraction of sp³-hybridized carbons (Fsp3) is 0.208. The highest BCUT2D eigenvalue weighted by Gasteiger charge is 2.24. The number of aryl methyl sites for hydroxylation is 3. The second kappa shape index (κ2) is 9.24. The molecule has 6 heteroatoms. The zero-order chi connectivity index (χ0) is 21.7. The summed E-state index contributed by atoms with van der Waals surface area (Å²) in [6.07, 6.45) is -0.0249. The molecule has 0 unspecified atom stereocenters. The maximum absolute atomic E-state index is 12.9. The quantitative estimate of drug-likeness (QED) is 0.581. The average Bonchev–Trinajstić information content (AvgIpc) is 2.71. The van der Waals surface area contributed by atoms with Crippen molar-refractivity contribution < 1.29 is 13.2 Å². The molecule has 3 aromatic rings. The lowest BCUT2D eigenvalue weighted by Crippen LogP contribution is -2.31. The van der Waals surface area contributed by atoms with Gasteiger partial charge in [0, 0.05) is 12.1 Å². The van der Waals surface area contributed by atoms with E-state index in [9.17, 15) is 13.2 Å². The second-order valence-electron chi connectivity index (χ2n) is 7.42. The number of amides is 1. The van der Waals surface area contributed by atoms with Crippen molar-refractivity contribution in [3.05, 3.63) is 95.1 Å². The maximum Gasteiger partial charge on any atom is 0.241 e. The number of rotatable bonds is 7. The number of para-hydroxylation sites is 1. The molecule has 156 valence electrons. The minimum atomic E-state index is -3.79. The van der Waals surface area contributed by atoms with Crippen LogP contribution in [0.2, 0.25) is 0 Å². The number of nitrogens with one attached hydrogen (secondary N) is 2. The van der Waals surface area contributed by atoms with Crippen LogP contribution in [0.3, 0.4) is 0 Å². The van der Waals surface area contributed by atoms with E-state index in [4.69, 9.17) is 0 Å². The molecule has 3 aromatic carbocycles. The van der Waals surface area contributed by atoms with Gasteiger partial charge < -0.3 is 5.32 Å². The van der Waals surface area contributed by atoms with Crippen LogP contribution in [0.5, 0.6) is 0 Å². The third-order valence-corrected chi connectivity index (χ3v) is 6.45. The van der Waals surface area contributed by atoms with E-state index in [-0.39, 0.29) is 17.2 Å². The summed E-state index contributed by atoms with van der Waals surface area (Å²) in [6.45, 7) is 5.75. The molecular formula is C24H26N2O3S. The molecule has 0 aromatic heterocycles. The van der Waals surface area contributed by atoms with Crippen molar-refractivity contribution >= 4 is 21.6 Å². The minimum Gasteiger partial charge on any atom is -0.326 e. The van der Waals surface area contributed by atoms with Gasteiger partial charge in [-0.1, -0.05) is 66.2 Å². The number of anilines is 1. The molecule has 0 saturated carbocycles. The van der Waals surface area contributed by atoms with Gasteiger partial charge in [0.2, 0.25) is 15.9 Å². The van der Waals surface area contributed by atoms with Crippen LogP contribution >= 0.6 is 0 Å². The predicted octanol–water partition coefficient (Wildman–Crippen LogP) is 4.66. The van der Waals surface area contributed by atoms with Gasteiger partial charge in [0.15, 0.2) is 0 Å². The first-order chi connectivity index (χ1) is 14.3. The Balaban J connectivity index is 1.84. The molecule has 0 radical (unpaired) electrons. The Bertz CT molecular complexity index is 1100. The number of benzene rings is 3. The molecule has 2 N–H and O–H groups in total. The van der Waals surface area contributed by atoms with Gasteiger partial charge in [0.25, 0.3) is 0 Å². The molecule has 0 bridgehead atoms. The monoisotopic (exact) mass is 422 g/mol. The SMILES string of the molecule is Cc1ccc(S(=O)(=O)N[C@@H](CC(=O)Nc2c(C)cccc2C)c2ccccc2)cc1. The van der Waals surface area contributed by atoms with Crippen molar-refractivity contribution in [1.82, 2.24) is 4.72 Å². The minimum absolute atomic E-state index is 0.0249. The van der Waals surface area contributed by atoms with Crippen LogP contribution in [0.1, 0.15) is 34.7 Å². The normalized spacial score (nSPS) is 12.4. The molecule has 0 fully saturated rings. The Labute approximate surface area is 178 Å². The van der Waals surface area contributed by atoms with Crippen LogP contribution in [0.4, 0.5) is 5.69 Å². The largest absolute Gasteiger partial charge is 0.326 e. The first kappa shape index (κ1) is 21.7. The molecule has 3 rings (SSSR count). The number of sulfonamides is 1. The Morgan fingerprint density at radius 2 is 1.43 bits per heavy atom. The number of carbonyl (C=O) groups excluding carboxylic acids is 1. The molecule has 30 heavy (non-hydrogen) atoms. The maximum atomic E-state index is 12.9. The van der Waals surface area contributed by atoms with Gasteiger partial charge in [0.1, 0.15) is 0 Å². The highest BCUT2D eigenvalue weighted by Crippen LogP contribution is 2.24. The summed E-state index contributed by atoms with van der Waals surface area (Å²) < 4.78 is 28.6. The van der Waals surface area contributed by atoms with Crippen molar-refractivity contribution in [2.24, 2.45) is 0 Å². The standard InChI is InChI=1S/C24H26N2O3S/c1-17-12-14-21(15-13-17)30(28,29)26-22(20-10-5-4-6-11-20)16-23(27)25-24-18(2)8-7-9-19(24)3/h4-15,22,26H,16H2,1-3H3,(H,25,27)/t22-/m0/s1. The molecule has 0 spiro atoms. The summed E-state index contributed by atoms with van der Waals surface area (Å²) in [5.41, 5.74) is 4.38. The molecule has 0 saturated heterocycles. The third-order valence-electron chi connectivity index (χ3n) is 4.97. The van der Waals surface area contributed by atoms with E-state index < -0.39 is 16.1 Å². The number of hydrogen-bond donors (Lipinski definition) is 2. The summed E-state index contributed by atoms with van der Waals surface area (Å²) in [5, 5.41) is 2.94. The van der Waals surface area contributed by atoms with E-state index >= 15 is 0 Å². The lowest BCUT2D eigenvalue weighted by atomic mass is 10.0. The van der Waals surface area contributed by atoms with Crippen molar-refractivity contribution in [3.8, 4) is 0 Å². The van der Waals surface area contributed by atoms with Crippen molar-refractivity contribution in [1.29, 1.82) is 0 Å². The van der Waals surface area contributed by atoms with Crippen molar-refractivity contribution in [2.75, 3.05) is 5.32 Å². The topological polar surface area (TPSA) is 75.3 Å². The highest BCUT2D eigenvalue weighted by atomic mass is 32.2. The molecule has 0 aliphatic carbocycles. The Morgan fingerprint density at radius 3 is 2.03 bits per heavy atom. The van der Waals surface area contributed by atoms with Crippen molar-refractivity contribution in [3.63, 3.8) is 0 Å². The second-order valence-corrected chi connectivity index (χ2v) is 9.13. The summed E-state index contributed by atoms with van der Waals surface area (Å²) in [4.78, 5) is 13.0. The predicted molar refractivity (Wildman–Crippen MR) is 120 cm³/mol. The van der Waals surface area contributed by atoms with Crippen LogP contribution in [-0.2, 0) is 14.8 Å². The molecular weight excluding hydrogens is 396 g/mol. The van der Waals surface area contributed by atoms with Gasteiger partial charge in [-0.25, -0.2) is 13.1 Å². The van der Waals surface area contributed by atoms with Gasteiger partial charge in [-0.3, -0.25) is 4.79 Å². The van der Waals surface area contributed by atoms with Gasteiger partial charge in [0.05, 0.1) is 10.9 Å².